The van der Waals surface area contributed by atoms with Gasteiger partial charge in [-0.2, -0.15) is 10.1 Å². The van der Waals surface area contributed by atoms with Crippen molar-refractivity contribution in [3.8, 4) is 5.75 Å². The van der Waals surface area contributed by atoms with Crippen LogP contribution in [0.4, 0.5) is 26.2 Å². The lowest BCUT2D eigenvalue weighted by molar-refractivity contribution is 0.410. The Bertz CT molecular complexity index is 871. The molecule has 6 nitrogen and oxygen atoms in total. The van der Waals surface area contributed by atoms with Crippen molar-refractivity contribution in [3.05, 3.63) is 65.9 Å². The van der Waals surface area contributed by atoms with Crippen LogP contribution in [-0.2, 0) is 6.42 Å². The third kappa shape index (κ3) is 4.21. The zero-order chi connectivity index (χ0) is 18.4. The second kappa shape index (κ2) is 8.19. The highest BCUT2D eigenvalue weighted by Gasteiger charge is 2.10. The van der Waals surface area contributed by atoms with Crippen LogP contribution in [0.2, 0.25) is 0 Å². The molecule has 2 N–H and O–H groups in total. The number of anilines is 3. The van der Waals surface area contributed by atoms with Gasteiger partial charge in [0.1, 0.15) is 23.1 Å². The van der Waals surface area contributed by atoms with Crippen LogP contribution < -0.4 is 15.4 Å². The molecule has 0 saturated heterocycles. The minimum absolute atomic E-state index is 0.00343. The van der Waals surface area contributed by atoms with Gasteiger partial charge in [0.05, 0.1) is 13.3 Å². The molecule has 0 aliphatic heterocycles. The second-order valence-electron chi connectivity index (χ2n) is 5.38. The molecule has 26 heavy (non-hydrogen) atoms. The topological polar surface area (TPSA) is 72.0 Å². The van der Waals surface area contributed by atoms with Gasteiger partial charge in [0.2, 0.25) is 5.95 Å². The molecule has 0 aliphatic carbocycles. The highest BCUT2D eigenvalue weighted by atomic mass is 19.1. The molecule has 134 valence electrons. The van der Waals surface area contributed by atoms with E-state index in [1.54, 1.807) is 7.11 Å². The molecule has 3 aromatic rings. The zero-order valence-electron chi connectivity index (χ0n) is 14.0. The number of nitrogens with one attached hydrogen (secondary N) is 2. The van der Waals surface area contributed by atoms with Crippen LogP contribution in [0.15, 0.2) is 48.7 Å². The molecule has 0 aliphatic rings. The van der Waals surface area contributed by atoms with E-state index in [2.05, 4.69) is 25.8 Å². The van der Waals surface area contributed by atoms with E-state index in [4.69, 9.17) is 4.74 Å². The van der Waals surface area contributed by atoms with Crippen molar-refractivity contribution >= 4 is 17.5 Å². The summed E-state index contributed by atoms with van der Waals surface area (Å²) >= 11 is 0. The first-order chi connectivity index (χ1) is 12.7. The number of para-hydroxylation sites is 2. The van der Waals surface area contributed by atoms with Crippen LogP contribution in [0, 0.1) is 11.6 Å². The maximum absolute atomic E-state index is 13.7. The van der Waals surface area contributed by atoms with Gasteiger partial charge in [-0.1, -0.05) is 24.3 Å². The fraction of sp³-hybridized carbons (Fsp3) is 0.167. The van der Waals surface area contributed by atoms with Gasteiger partial charge in [0.15, 0.2) is 5.82 Å². The molecular formula is C18H17F2N5O. The minimum atomic E-state index is -0.733. The highest BCUT2D eigenvalue weighted by molar-refractivity contribution is 5.55. The Kier molecular flexibility index (Phi) is 5.52. The van der Waals surface area contributed by atoms with Gasteiger partial charge < -0.3 is 15.4 Å². The Balaban J connectivity index is 1.64. The number of rotatable bonds is 7. The molecule has 0 spiro atoms. The number of benzene rings is 2. The molecule has 0 atom stereocenters. The Morgan fingerprint density at radius 1 is 1.04 bits per heavy atom. The van der Waals surface area contributed by atoms with Crippen LogP contribution in [0.25, 0.3) is 0 Å². The largest absolute Gasteiger partial charge is 0.496 e. The molecule has 0 amide bonds. The van der Waals surface area contributed by atoms with E-state index in [0.29, 0.717) is 18.8 Å². The summed E-state index contributed by atoms with van der Waals surface area (Å²) in [6.45, 7) is 0.576. The maximum atomic E-state index is 13.7. The molecule has 3 rings (SSSR count). The zero-order valence-corrected chi connectivity index (χ0v) is 14.0. The number of methoxy groups -OCH3 is 1. The summed E-state index contributed by atoms with van der Waals surface area (Å²) in [5, 5.41) is 13.2. The SMILES string of the molecule is COc1ccccc1CCNc1cnnc(Nc2c(F)cccc2F)n1. The summed E-state index contributed by atoms with van der Waals surface area (Å²) in [5.74, 6) is -0.218. The molecule has 1 heterocycles. The van der Waals surface area contributed by atoms with Gasteiger partial charge in [-0.25, -0.2) is 8.78 Å². The molecule has 8 heteroatoms. The van der Waals surface area contributed by atoms with Crippen molar-refractivity contribution in [2.75, 3.05) is 24.3 Å². The van der Waals surface area contributed by atoms with Gasteiger partial charge in [0.25, 0.3) is 0 Å². The quantitative estimate of drug-likeness (QED) is 0.674. The first-order valence-electron chi connectivity index (χ1n) is 7.94. The lowest BCUT2D eigenvalue weighted by Crippen LogP contribution is -2.10. The number of hydrogen-bond acceptors (Lipinski definition) is 6. The molecule has 1 aromatic heterocycles. The first kappa shape index (κ1) is 17.5. The molecule has 2 aromatic carbocycles. The molecule has 0 unspecified atom stereocenters. The van der Waals surface area contributed by atoms with E-state index in [1.807, 2.05) is 24.3 Å². The lowest BCUT2D eigenvalue weighted by Gasteiger charge is -2.10. The van der Waals surface area contributed by atoms with E-state index in [-0.39, 0.29) is 11.6 Å². The van der Waals surface area contributed by atoms with Crippen molar-refractivity contribution in [2.45, 2.75) is 6.42 Å². The normalized spacial score (nSPS) is 10.4. The number of halogens is 2. The molecule has 0 saturated carbocycles. The van der Waals surface area contributed by atoms with Crippen molar-refractivity contribution in [2.24, 2.45) is 0 Å². The second-order valence-corrected chi connectivity index (χ2v) is 5.38. The summed E-state index contributed by atoms with van der Waals surface area (Å²) in [5.41, 5.74) is 0.733. The van der Waals surface area contributed by atoms with Crippen LogP contribution in [0.5, 0.6) is 5.75 Å². The van der Waals surface area contributed by atoms with Gasteiger partial charge >= 0.3 is 0 Å². The third-order valence-electron chi connectivity index (χ3n) is 3.65. The minimum Gasteiger partial charge on any atom is -0.496 e. The number of ether oxygens (including phenoxy) is 1. The van der Waals surface area contributed by atoms with E-state index in [1.165, 1.54) is 12.3 Å². The molecular weight excluding hydrogens is 340 g/mol. The van der Waals surface area contributed by atoms with Crippen LogP contribution >= 0.6 is 0 Å². The summed E-state index contributed by atoms with van der Waals surface area (Å²) < 4.78 is 32.7. The monoisotopic (exact) mass is 357 g/mol. The van der Waals surface area contributed by atoms with Crippen molar-refractivity contribution < 1.29 is 13.5 Å². The van der Waals surface area contributed by atoms with Crippen LogP contribution in [-0.4, -0.2) is 28.8 Å². The standard InChI is InChI=1S/C18H17F2N5O/c1-26-15-8-3-2-5-12(15)9-10-21-16-11-22-25-18(23-16)24-17-13(19)6-4-7-14(17)20/h2-8,11H,9-10H2,1H3,(H2,21,23,24,25). The van der Waals surface area contributed by atoms with E-state index in [9.17, 15) is 8.78 Å². The first-order valence-corrected chi connectivity index (χ1v) is 7.94. The van der Waals surface area contributed by atoms with Crippen molar-refractivity contribution in [1.29, 1.82) is 0 Å². The van der Waals surface area contributed by atoms with E-state index < -0.39 is 11.6 Å². The Morgan fingerprint density at radius 2 is 1.81 bits per heavy atom. The van der Waals surface area contributed by atoms with Gasteiger partial charge in [-0.05, 0) is 30.2 Å². The Hall–Kier alpha value is -3.29. The average molecular weight is 357 g/mol. The summed E-state index contributed by atoms with van der Waals surface area (Å²) in [6.07, 6.45) is 2.14. The average Bonchev–Trinajstić information content (AvgIpc) is 2.66. The van der Waals surface area contributed by atoms with Crippen molar-refractivity contribution in [1.82, 2.24) is 15.2 Å². The predicted octanol–water partition coefficient (Wildman–Crippen LogP) is 3.56. The number of aromatic nitrogens is 3. The van der Waals surface area contributed by atoms with Crippen LogP contribution in [0.3, 0.4) is 0 Å². The summed E-state index contributed by atoms with van der Waals surface area (Å²) in [4.78, 5) is 4.16. The lowest BCUT2D eigenvalue weighted by atomic mass is 10.1. The van der Waals surface area contributed by atoms with Crippen LogP contribution in [0.1, 0.15) is 5.56 Å². The fourth-order valence-electron chi connectivity index (χ4n) is 2.41. The van der Waals surface area contributed by atoms with E-state index >= 15 is 0 Å². The Morgan fingerprint density at radius 3 is 2.58 bits per heavy atom. The highest BCUT2D eigenvalue weighted by Crippen LogP contribution is 2.21. The van der Waals surface area contributed by atoms with Gasteiger partial charge in [-0.3, -0.25) is 0 Å². The van der Waals surface area contributed by atoms with E-state index in [0.717, 1.165) is 23.4 Å². The maximum Gasteiger partial charge on any atom is 0.249 e. The van der Waals surface area contributed by atoms with Crippen molar-refractivity contribution in [3.63, 3.8) is 0 Å². The summed E-state index contributed by atoms with van der Waals surface area (Å²) in [7, 11) is 1.63. The predicted molar refractivity (Wildman–Crippen MR) is 94.7 cm³/mol. The number of hydrogen-bond donors (Lipinski definition) is 2. The summed E-state index contributed by atoms with van der Waals surface area (Å²) in [6, 6.07) is 11.3. The number of nitrogens with zero attached hydrogens (tertiary/aromatic N) is 3. The smallest absolute Gasteiger partial charge is 0.249 e. The Labute approximate surface area is 149 Å². The molecule has 0 radical (unpaired) electrons. The third-order valence-corrected chi connectivity index (χ3v) is 3.65. The molecule has 0 fully saturated rings. The van der Waals surface area contributed by atoms with Gasteiger partial charge in [0, 0.05) is 6.54 Å². The van der Waals surface area contributed by atoms with Gasteiger partial charge in [-0.15, -0.1) is 5.10 Å². The fourth-order valence-corrected chi connectivity index (χ4v) is 2.41. The molecule has 0 bridgehead atoms.